The largest absolute Gasteiger partial charge is 0.489 e. The molecule has 4 aromatic rings. The van der Waals surface area contributed by atoms with E-state index in [0.29, 0.717) is 30.4 Å². The van der Waals surface area contributed by atoms with E-state index in [2.05, 4.69) is 15.5 Å². The van der Waals surface area contributed by atoms with Crippen LogP contribution in [0.15, 0.2) is 116 Å². The fourth-order valence-corrected chi connectivity index (χ4v) is 6.51. The SMILES string of the molecule is O=C(N[C@@H](c1ccccc1)c1cccc(OCc2ccc(C(=O)NCc3ccc(C4OC=CO4)cc3)cc2)c1)O[C@H]1CN2CCC1CC2. The number of benzene rings is 4. The van der Waals surface area contributed by atoms with Crippen molar-refractivity contribution in [3.63, 3.8) is 0 Å². The molecule has 0 aromatic heterocycles. The van der Waals surface area contributed by atoms with Crippen molar-refractivity contribution in [3.05, 3.63) is 149 Å². The van der Waals surface area contributed by atoms with Gasteiger partial charge in [-0.05, 0) is 78.4 Å². The predicted octanol–water partition coefficient (Wildman–Crippen LogP) is 6.62. The van der Waals surface area contributed by atoms with E-state index in [9.17, 15) is 9.59 Å². The highest BCUT2D eigenvalue weighted by molar-refractivity contribution is 5.94. The van der Waals surface area contributed by atoms with Gasteiger partial charge in [-0.3, -0.25) is 9.69 Å². The summed E-state index contributed by atoms with van der Waals surface area (Å²) in [5.74, 6) is 0.958. The molecule has 4 heterocycles. The van der Waals surface area contributed by atoms with Crippen molar-refractivity contribution in [3.8, 4) is 5.75 Å². The fourth-order valence-electron chi connectivity index (χ4n) is 6.51. The molecule has 2 bridgehead atoms. The van der Waals surface area contributed by atoms with Crippen molar-refractivity contribution in [2.24, 2.45) is 5.92 Å². The molecule has 48 heavy (non-hydrogen) atoms. The minimum atomic E-state index is -0.418. The Morgan fingerprint density at radius 3 is 2.23 bits per heavy atom. The van der Waals surface area contributed by atoms with Crippen LogP contribution in [0.25, 0.3) is 0 Å². The second kappa shape index (κ2) is 14.6. The normalized spacial score (nSPS) is 20.3. The summed E-state index contributed by atoms with van der Waals surface area (Å²) in [5, 5.41) is 6.09. The molecular weight excluding hydrogens is 606 g/mol. The molecule has 0 aliphatic carbocycles. The van der Waals surface area contributed by atoms with Gasteiger partial charge in [0, 0.05) is 24.2 Å². The molecule has 0 unspecified atom stereocenters. The minimum absolute atomic E-state index is 0.0700. The summed E-state index contributed by atoms with van der Waals surface area (Å²) in [6.45, 7) is 3.72. The number of carbonyl (C=O) groups is 2. The van der Waals surface area contributed by atoms with Gasteiger partial charge >= 0.3 is 6.09 Å². The van der Waals surface area contributed by atoms with Crippen LogP contribution in [0.3, 0.4) is 0 Å². The summed E-state index contributed by atoms with van der Waals surface area (Å²) >= 11 is 0. The van der Waals surface area contributed by atoms with E-state index >= 15 is 0 Å². The van der Waals surface area contributed by atoms with Gasteiger partial charge in [-0.1, -0.05) is 78.9 Å². The maximum Gasteiger partial charge on any atom is 0.408 e. The van der Waals surface area contributed by atoms with E-state index in [-0.39, 0.29) is 12.0 Å². The molecule has 3 fully saturated rings. The summed E-state index contributed by atoms with van der Waals surface area (Å²) in [6, 6.07) is 32.4. The molecule has 2 N–H and O–H groups in total. The van der Waals surface area contributed by atoms with Crippen molar-refractivity contribution >= 4 is 12.0 Å². The zero-order valence-electron chi connectivity index (χ0n) is 26.6. The number of rotatable bonds is 11. The summed E-state index contributed by atoms with van der Waals surface area (Å²) < 4.78 is 22.8. The van der Waals surface area contributed by atoms with E-state index in [1.807, 2.05) is 91.0 Å². The third-order valence-corrected chi connectivity index (χ3v) is 9.23. The van der Waals surface area contributed by atoms with Crippen molar-refractivity contribution < 1.29 is 28.5 Å². The molecule has 9 nitrogen and oxygen atoms in total. The number of hydrogen-bond acceptors (Lipinski definition) is 7. The van der Waals surface area contributed by atoms with E-state index in [4.69, 9.17) is 18.9 Å². The number of amides is 2. The predicted molar refractivity (Wildman–Crippen MR) is 180 cm³/mol. The van der Waals surface area contributed by atoms with Crippen LogP contribution in [0.1, 0.15) is 63.3 Å². The molecule has 246 valence electrons. The van der Waals surface area contributed by atoms with Gasteiger partial charge in [0.2, 0.25) is 0 Å². The summed E-state index contributed by atoms with van der Waals surface area (Å²) in [4.78, 5) is 28.3. The van der Waals surface area contributed by atoms with Gasteiger partial charge in [-0.15, -0.1) is 0 Å². The van der Waals surface area contributed by atoms with Gasteiger partial charge in [0.05, 0.1) is 6.04 Å². The van der Waals surface area contributed by atoms with Crippen LogP contribution in [0.2, 0.25) is 0 Å². The Morgan fingerprint density at radius 2 is 1.52 bits per heavy atom. The third-order valence-electron chi connectivity index (χ3n) is 9.23. The standard InChI is InChI=1S/C39H39N3O6/c43-37(40-24-27-9-15-32(16-10-27)38-45-21-22-46-38)31-13-11-28(12-14-31)26-47-34-8-4-7-33(23-34)36(30-5-2-1-3-6-30)41-39(44)48-35-25-42-19-17-29(35)18-20-42/h1-16,21-23,29,35-36,38H,17-20,24-26H2,(H,40,43)(H,41,44)/t35-,36-/m0/s1. The highest BCUT2D eigenvalue weighted by Crippen LogP contribution is 2.31. The fraction of sp³-hybridized carbons (Fsp3) is 0.282. The van der Waals surface area contributed by atoms with Crippen LogP contribution in [0.5, 0.6) is 5.75 Å². The van der Waals surface area contributed by atoms with Gasteiger partial charge in [-0.2, -0.15) is 0 Å². The van der Waals surface area contributed by atoms with Crippen LogP contribution in [0.4, 0.5) is 4.79 Å². The van der Waals surface area contributed by atoms with Crippen molar-refractivity contribution in [2.45, 2.75) is 44.4 Å². The van der Waals surface area contributed by atoms with Gasteiger partial charge in [0.1, 0.15) is 31.0 Å². The Labute approximate surface area is 280 Å². The molecule has 4 aromatic carbocycles. The lowest BCUT2D eigenvalue weighted by Gasteiger charge is -2.43. The van der Waals surface area contributed by atoms with Crippen molar-refractivity contribution in [1.29, 1.82) is 0 Å². The number of nitrogens with one attached hydrogen (secondary N) is 2. The number of carbonyl (C=O) groups excluding carboxylic acids is 2. The Bertz CT molecular complexity index is 1710. The average Bonchev–Trinajstić information content (AvgIpc) is 3.69. The number of alkyl carbamates (subject to hydrolysis) is 1. The lowest BCUT2D eigenvalue weighted by Crippen LogP contribution is -2.52. The maximum absolute atomic E-state index is 13.2. The first-order valence-corrected chi connectivity index (χ1v) is 16.5. The number of fused-ring (bicyclic) bond motifs is 3. The Hall–Kier alpha value is -5.28. The topological polar surface area (TPSA) is 98.4 Å². The Balaban J connectivity index is 0.937. The minimum Gasteiger partial charge on any atom is -0.489 e. The second-order valence-electron chi connectivity index (χ2n) is 12.4. The molecule has 9 heteroatoms. The highest BCUT2D eigenvalue weighted by atomic mass is 16.7. The monoisotopic (exact) mass is 645 g/mol. The summed E-state index contributed by atoms with van der Waals surface area (Å²) in [7, 11) is 0. The molecule has 2 atom stereocenters. The molecule has 0 radical (unpaired) electrons. The van der Waals surface area contributed by atoms with E-state index in [1.165, 1.54) is 12.5 Å². The molecule has 4 aliphatic heterocycles. The zero-order valence-corrected chi connectivity index (χ0v) is 26.6. The van der Waals surface area contributed by atoms with Crippen LogP contribution >= 0.6 is 0 Å². The van der Waals surface area contributed by atoms with Gasteiger partial charge in [-0.25, -0.2) is 4.79 Å². The number of hydrogen-bond donors (Lipinski definition) is 2. The van der Waals surface area contributed by atoms with Crippen molar-refractivity contribution in [2.75, 3.05) is 19.6 Å². The molecule has 4 aliphatic rings. The lowest BCUT2D eigenvalue weighted by molar-refractivity contribution is -0.0336. The lowest BCUT2D eigenvalue weighted by atomic mass is 9.86. The van der Waals surface area contributed by atoms with E-state index < -0.39 is 18.4 Å². The number of nitrogens with zero attached hydrogens (tertiary/aromatic N) is 1. The van der Waals surface area contributed by atoms with E-state index in [1.54, 1.807) is 12.1 Å². The first-order chi connectivity index (χ1) is 23.6. The molecular formula is C39H39N3O6. The smallest absolute Gasteiger partial charge is 0.408 e. The molecule has 0 spiro atoms. The zero-order chi connectivity index (χ0) is 32.7. The molecule has 3 saturated heterocycles. The van der Waals surface area contributed by atoms with Crippen LogP contribution in [-0.4, -0.2) is 42.6 Å². The first kappa shape index (κ1) is 31.3. The summed E-state index contributed by atoms with van der Waals surface area (Å²) in [5.41, 5.74) is 5.23. The van der Waals surface area contributed by atoms with E-state index in [0.717, 1.165) is 60.3 Å². The second-order valence-corrected chi connectivity index (χ2v) is 12.4. The third kappa shape index (κ3) is 7.64. The van der Waals surface area contributed by atoms with Crippen LogP contribution in [-0.2, 0) is 27.4 Å². The van der Waals surface area contributed by atoms with Gasteiger partial charge in [0.25, 0.3) is 12.2 Å². The molecule has 0 saturated carbocycles. The van der Waals surface area contributed by atoms with Crippen molar-refractivity contribution in [1.82, 2.24) is 15.5 Å². The van der Waals surface area contributed by atoms with Gasteiger partial charge < -0.3 is 29.6 Å². The average molecular weight is 646 g/mol. The summed E-state index contributed by atoms with van der Waals surface area (Å²) in [6.07, 6.45) is 4.31. The molecule has 8 rings (SSSR count). The Kier molecular flexibility index (Phi) is 9.56. The first-order valence-electron chi connectivity index (χ1n) is 16.5. The number of ether oxygens (including phenoxy) is 4. The maximum atomic E-state index is 13.2. The van der Waals surface area contributed by atoms with Crippen LogP contribution in [0, 0.1) is 5.92 Å². The van der Waals surface area contributed by atoms with Gasteiger partial charge in [0.15, 0.2) is 0 Å². The number of piperidine rings is 3. The highest BCUT2D eigenvalue weighted by Gasteiger charge is 2.37. The van der Waals surface area contributed by atoms with Crippen LogP contribution < -0.4 is 15.4 Å². The molecule has 2 amide bonds. The Morgan fingerprint density at radius 1 is 0.812 bits per heavy atom. The quantitative estimate of drug-likeness (QED) is 0.189.